The van der Waals surface area contributed by atoms with Gasteiger partial charge in [0.15, 0.2) is 0 Å². The van der Waals surface area contributed by atoms with E-state index in [1.54, 1.807) is 4.68 Å². The van der Waals surface area contributed by atoms with Crippen LogP contribution in [0.1, 0.15) is 18.5 Å². The molecule has 6 heteroatoms. The number of allylic oxidation sites excluding steroid dienone is 1. The quantitative estimate of drug-likeness (QED) is 0.591. The van der Waals surface area contributed by atoms with Crippen LogP contribution in [0.15, 0.2) is 18.0 Å². The van der Waals surface area contributed by atoms with E-state index in [1.807, 2.05) is 19.4 Å². The maximum absolute atomic E-state index is 7.60. The summed E-state index contributed by atoms with van der Waals surface area (Å²) in [5.41, 5.74) is 1.75. The minimum atomic E-state index is 0.0831. The second-order valence-electron chi connectivity index (χ2n) is 4.61. The van der Waals surface area contributed by atoms with Gasteiger partial charge in [-0.2, -0.15) is 5.10 Å². The molecule has 18 heavy (non-hydrogen) atoms. The van der Waals surface area contributed by atoms with Crippen molar-refractivity contribution in [1.29, 1.82) is 5.41 Å². The summed E-state index contributed by atoms with van der Waals surface area (Å²) in [6, 6.07) is 0. The highest BCUT2D eigenvalue weighted by atomic mass is 127. The Morgan fingerprint density at radius 1 is 1.72 bits per heavy atom. The average molecular weight is 379 g/mol. The van der Waals surface area contributed by atoms with Gasteiger partial charge in [-0.05, 0) is 41.4 Å². The van der Waals surface area contributed by atoms with Crippen LogP contribution in [-0.4, -0.2) is 21.5 Å². The Kier molecular flexibility index (Phi) is 4.66. The van der Waals surface area contributed by atoms with E-state index in [2.05, 4.69) is 33.0 Å². The number of hydrogen-bond donors (Lipinski definition) is 2. The van der Waals surface area contributed by atoms with Crippen molar-refractivity contribution in [2.75, 3.05) is 6.54 Å². The topological polar surface area (TPSA) is 53.7 Å². The molecule has 2 rings (SSSR count). The fraction of sp³-hybridized carbons (Fsp3) is 0.500. The summed E-state index contributed by atoms with van der Waals surface area (Å²) in [5.74, 6) is 0.807. The normalized spacial score (nSPS) is 15.8. The first-order chi connectivity index (χ1) is 8.56. The Morgan fingerprint density at radius 2 is 2.44 bits per heavy atom. The molecule has 0 bridgehead atoms. The first kappa shape index (κ1) is 13.9. The second-order valence-corrected chi connectivity index (χ2v) is 6.15. The number of halogens is 2. The smallest absolute Gasteiger partial charge is 0.125 e. The van der Waals surface area contributed by atoms with Crippen molar-refractivity contribution < 1.29 is 0 Å². The second kappa shape index (κ2) is 6.06. The third kappa shape index (κ3) is 3.98. The van der Waals surface area contributed by atoms with Gasteiger partial charge in [-0.25, -0.2) is 0 Å². The van der Waals surface area contributed by atoms with Gasteiger partial charge in [-0.15, -0.1) is 0 Å². The largest absolute Gasteiger partial charge is 0.390 e. The zero-order chi connectivity index (χ0) is 13.1. The third-order valence-corrected chi connectivity index (χ3v) is 4.02. The van der Waals surface area contributed by atoms with Gasteiger partial charge < -0.3 is 5.32 Å². The summed E-state index contributed by atoms with van der Waals surface area (Å²) >= 11 is 8.07. The van der Waals surface area contributed by atoms with Crippen LogP contribution in [0.5, 0.6) is 0 Å². The first-order valence-corrected chi connectivity index (χ1v) is 7.37. The number of hydrogen-bond acceptors (Lipinski definition) is 3. The van der Waals surface area contributed by atoms with E-state index in [0.717, 1.165) is 27.3 Å². The third-order valence-electron chi connectivity index (χ3n) is 2.87. The van der Waals surface area contributed by atoms with Crippen molar-refractivity contribution in [1.82, 2.24) is 15.1 Å². The maximum Gasteiger partial charge on any atom is 0.125 e. The van der Waals surface area contributed by atoms with Gasteiger partial charge in [0, 0.05) is 38.0 Å². The molecule has 0 aromatic carbocycles. The standard InChI is InChI=1S/C12H16ClIN4/c1-18-7-10(14)11(17-18)4-9(12(13)15)6-16-5-8-2-3-8/h6-8,15-16H,2-5H2,1H3/b9-6-,15-12?. The van der Waals surface area contributed by atoms with E-state index in [0.29, 0.717) is 6.42 Å². The van der Waals surface area contributed by atoms with Gasteiger partial charge in [0.05, 0.1) is 9.26 Å². The summed E-state index contributed by atoms with van der Waals surface area (Å²) in [7, 11) is 1.90. The lowest BCUT2D eigenvalue weighted by Crippen LogP contribution is -2.12. The van der Waals surface area contributed by atoms with Crippen molar-refractivity contribution >= 4 is 39.4 Å². The van der Waals surface area contributed by atoms with E-state index < -0.39 is 0 Å². The zero-order valence-corrected chi connectivity index (χ0v) is 13.1. The molecular formula is C12H16ClIN4. The van der Waals surface area contributed by atoms with Gasteiger partial charge in [-0.1, -0.05) is 11.6 Å². The molecule has 0 unspecified atom stereocenters. The average Bonchev–Trinajstić information content (AvgIpc) is 3.04. The fourth-order valence-electron chi connectivity index (χ4n) is 1.67. The monoisotopic (exact) mass is 378 g/mol. The lowest BCUT2D eigenvalue weighted by molar-refractivity contribution is 0.738. The molecule has 1 aliphatic carbocycles. The van der Waals surface area contributed by atoms with Crippen molar-refractivity contribution in [3.63, 3.8) is 0 Å². The lowest BCUT2D eigenvalue weighted by atomic mass is 10.1. The van der Waals surface area contributed by atoms with Gasteiger partial charge in [0.25, 0.3) is 0 Å². The molecule has 1 fully saturated rings. The molecule has 1 aromatic heterocycles. The Bertz CT molecular complexity index is 476. The highest BCUT2D eigenvalue weighted by Gasteiger charge is 2.20. The maximum atomic E-state index is 7.60. The van der Waals surface area contributed by atoms with Crippen LogP contribution in [0.4, 0.5) is 0 Å². The van der Waals surface area contributed by atoms with Crippen molar-refractivity contribution in [3.05, 3.63) is 27.2 Å². The van der Waals surface area contributed by atoms with Crippen LogP contribution >= 0.6 is 34.2 Å². The van der Waals surface area contributed by atoms with E-state index in [4.69, 9.17) is 17.0 Å². The van der Waals surface area contributed by atoms with Gasteiger partial charge in [0.1, 0.15) is 5.17 Å². The predicted octanol–water partition coefficient (Wildman–Crippen LogP) is 2.67. The summed E-state index contributed by atoms with van der Waals surface area (Å²) in [5, 5.41) is 15.3. The fourth-order valence-corrected chi connectivity index (χ4v) is 2.49. The Labute approximate surface area is 125 Å². The van der Waals surface area contributed by atoms with Crippen LogP contribution in [0, 0.1) is 14.9 Å². The number of nitrogens with one attached hydrogen (secondary N) is 2. The zero-order valence-electron chi connectivity index (χ0n) is 10.2. The Hall–Kier alpha value is -0.560. The molecule has 0 saturated heterocycles. The molecule has 0 aliphatic heterocycles. The molecule has 1 heterocycles. The Morgan fingerprint density at radius 3 is 2.94 bits per heavy atom. The van der Waals surface area contributed by atoms with Gasteiger partial charge in [-0.3, -0.25) is 10.1 Å². The van der Waals surface area contributed by atoms with Crippen molar-refractivity contribution in [2.24, 2.45) is 13.0 Å². The highest BCUT2D eigenvalue weighted by molar-refractivity contribution is 14.1. The number of nitrogens with zero attached hydrogens (tertiary/aromatic N) is 2. The van der Waals surface area contributed by atoms with Crippen LogP contribution in [-0.2, 0) is 13.5 Å². The van der Waals surface area contributed by atoms with Gasteiger partial charge >= 0.3 is 0 Å². The molecule has 1 aliphatic rings. The summed E-state index contributed by atoms with van der Waals surface area (Å²) in [4.78, 5) is 0. The van der Waals surface area contributed by atoms with Crippen LogP contribution in [0.2, 0.25) is 0 Å². The molecule has 0 spiro atoms. The summed E-state index contributed by atoms with van der Waals surface area (Å²) in [6.07, 6.45) is 7.04. The minimum Gasteiger partial charge on any atom is -0.390 e. The summed E-state index contributed by atoms with van der Waals surface area (Å²) in [6.45, 7) is 0.979. The molecule has 0 radical (unpaired) electrons. The van der Waals surface area contributed by atoms with E-state index in [1.165, 1.54) is 12.8 Å². The van der Waals surface area contributed by atoms with Crippen LogP contribution in [0.3, 0.4) is 0 Å². The van der Waals surface area contributed by atoms with Crippen molar-refractivity contribution in [3.8, 4) is 0 Å². The molecular weight excluding hydrogens is 363 g/mol. The van der Waals surface area contributed by atoms with E-state index >= 15 is 0 Å². The van der Waals surface area contributed by atoms with Crippen LogP contribution in [0.25, 0.3) is 0 Å². The van der Waals surface area contributed by atoms with E-state index in [9.17, 15) is 0 Å². The highest BCUT2D eigenvalue weighted by Crippen LogP contribution is 2.27. The molecule has 4 nitrogen and oxygen atoms in total. The SMILES string of the molecule is Cn1cc(I)c(C/C(=C/NCC2CC2)C(=N)Cl)n1. The first-order valence-electron chi connectivity index (χ1n) is 5.91. The molecule has 98 valence electrons. The van der Waals surface area contributed by atoms with Gasteiger partial charge in [0.2, 0.25) is 0 Å². The Balaban J connectivity index is 2.00. The molecule has 0 amide bonds. The molecule has 0 atom stereocenters. The molecule has 1 aromatic rings. The van der Waals surface area contributed by atoms with Crippen molar-refractivity contribution in [2.45, 2.75) is 19.3 Å². The predicted molar refractivity (Wildman–Crippen MR) is 82.0 cm³/mol. The molecule has 2 N–H and O–H groups in total. The molecule has 1 saturated carbocycles. The number of aromatic nitrogens is 2. The van der Waals surface area contributed by atoms with E-state index in [-0.39, 0.29) is 5.17 Å². The minimum absolute atomic E-state index is 0.0831. The number of aryl methyl sites for hydroxylation is 1. The summed E-state index contributed by atoms with van der Waals surface area (Å²) < 4.78 is 2.88. The lowest BCUT2D eigenvalue weighted by Gasteiger charge is -2.05. The van der Waals surface area contributed by atoms with Crippen LogP contribution < -0.4 is 5.32 Å². The number of rotatable bonds is 6.